The average Bonchev–Trinajstić information content (AvgIpc) is 3.04. The molecule has 0 fully saturated rings. The highest BCUT2D eigenvalue weighted by Crippen LogP contribution is 2.40. The van der Waals surface area contributed by atoms with Crippen molar-refractivity contribution in [3.05, 3.63) is 53.5 Å². The molecule has 3 heterocycles. The van der Waals surface area contributed by atoms with Crippen molar-refractivity contribution in [1.29, 1.82) is 0 Å². The molecule has 2 aromatic heterocycles. The largest absolute Gasteiger partial charge is 0.497 e. The summed E-state index contributed by atoms with van der Waals surface area (Å²) >= 11 is 0. The maximum atomic E-state index is 12.4. The van der Waals surface area contributed by atoms with Crippen LogP contribution in [0.3, 0.4) is 0 Å². The van der Waals surface area contributed by atoms with E-state index in [9.17, 15) is 4.79 Å². The van der Waals surface area contributed by atoms with E-state index in [0.717, 1.165) is 34.8 Å². The maximum Gasteiger partial charge on any atom is 0.226 e. The van der Waals surface area contributed by atoms with Crippen molar-refractivity contribution in [2.75, 3.05) is 24.3 Å². The number of benzene rings is 1. The highest BCUT2D eigenvalue weighted by molar-refractivity contribution is 5.95. The van der Waals surface area contributed by atoms with Crippen molar-refractivity contribution in [3.8, 4) is 11.4 Å². The van der Waals surface area contributed by atoms with Crippen LogP contribution in [0.15, 0.2) is 36.7 Å². The average molecular weight is 378 g/mol. The van der Waals surface area contributed by atoms with Crippen LogP contribution in [0.4, 0.5) is 11.8 Å². The van der Waals surface area contributed by atoms with Gasteiger partial charge in [-0.05, 0) is 43.7 Å². The van der Waals surface area contributed by atoms with Gasteiger partial charge in [0.25, 0.3) is 0 Å². The predicted molar refractivity (Wildman–Crippen MR) is 106 cm³/mol. The lowest BCUT2D eigenvalue weighted by atomic mass is 9.87. The zero-order valence-corrected chi connectivity index (χ0v) is 16.1. The lowest BCUT2D eigenvalue weighted by molar-refractivity contribution is -0.116. The van der Waals surface area contributed by atoms with Gasteiger partial charge in [-0.15, -0.1) is 0 Å². The molecule has 1 aliphatic rings. The molecule has 0 aliphatic carbocycles. The molecule has 2 N–H and O–H groups in total. The molecule has 1 aliphatic heterocycles. The van der Waals surface area contributed by atoms with Crippen molar-refractivity contribution >= 4 is 17.7 Å². The Labute approximate surface area is 163 Å². The summed E-state index contributed by atoms with van der Waals surface area (Å²) in [4.78, 5) is 21.2. The van der Waals surface area contributed by atoms with Gasteiger partial charge in [-0.3, -0.25) is 4.79 Å². The number of aryl methyl sites for hydroxylation is 1. The number of aromatic nitrogens is 4. The fourth-order valence-corrected chi connectivity index (χ4v) is 3.51. The number of amides is 1. The van der Waals surface area contributed by atoms with E-state index in [1.807, 2.05) is 38.1 Å². The van der Waals surface area contributed by atoms with Crippen LogP contribution in [0.5, 0.6) is 5.75 Å². The third-order valence-corrected chi connectivity index (χ3v) is 4.83. The molecular formula is C20H22N6O2. The number of carbonyl (C=O) groups is 1. The summed E-state index contributed by atoms with van der Waals surface area (Å²) in [5, 5.41) is 10.8. The van der Waals surface area contributed by atoms with Gasteiger partial charge < -0.3 is 15.4 Å². The van der Waals surface area contributed by atoms with Gasteiger partial charge >= 0.3 is 0 Å². The molecular weight excluding hydrogens is 356 g/mol. The summed E-state index contributed by atoms with van der Waals surface area (Å²) in [6, 6.07) is 7.56. The number of ether oxygens (including phenoxy) is 1. The lowest BCUT2D eigenvalue weighted by Crippen LogP contribution is -2.25. The summed E-state index contributed by atoms with van der Waals surface area (Å²) in [7, 11) is 1.63. The van der Waals surface area contributed by atoms with Crippen LogP contribution in [-0.4, -0.2) is 39.3 Å². The second-order valence-corrected chi connectivity index (χ2v) is 6.63. The number of nitrogens with one attached hydrogen (secondary N) is 2. The maximum absolute atomic E-state index is 12.4. The minimum atomic E-state index is -0.133. The van der Waals surface area contributed by atoms with Crippen molar-refractivity contribution in [2.24, 2.45) is 0 Å². The summed E-state index contributed by atoms with van der Waals surface area (Å²) in [6.45, 7) is 4.70. The SMILES string of the molecule is CCNc1ncc([C@H]2CC(=O)Nc3c2c(C)nn3-c2ccc(OC)cc2)cn1. The van der Waals surface area contributed by atoms with E-state index >= 15 is 0 Å². The Bertz CT molecular complexity index is 995. The molecule has 28 heavy (non-hydrogen) atoms. The Morgan fingerprint density at radius 2 is 1.96 bits per heavy atom. The van der Waals surface area contributed by atoms with Crippen LogP contribution >= 0.6 is 0 Å². The van der Waals surface area contributed by atoms with E-state index in [0.29, 0.717) is 18.2 Å². The first-order valence-electron chi connectivity index (χ1n) is 9.20. The Balaban J connectivity index is 1.76. The highest BCUT2D eigenvalue weighted by Gasteiger charge is 2.33. The second-order valence-electron chi connectivity index (χ2n) is 6.63. The molecule has 4 rings (SSSR count). The second kappa shape index (κ2) is 7.30. The van der Waals surface area contributed by atoms with Crippen LogP contribution in [0.2, 0.25) is 0 Å². The third-order valence-electron chi connectivity index (χ3n) is 4.83. The highest BCUT2D eigenvalue weighted by atomic mass is 16.5. The minimum Gasteiger partial charge on any atom is -0.497 e. The van der Waals surface area contributed by atoms with Crippen LogP contribution in [-0.2, 0) is 4.79 Å². The molecule has 144 valence electrons. The fourth-order valence-electron chi connectivity index (χ4n) is 3.51. The summed E-state index contributed by atoms with van der Waals surface area (Å²) in [5.41, 5.74) is 3.61. The van der Waals surface area contributed by atoms with E-state index in [4.69, 9.17) is 4.74 Å². The van der Waals surface area contributed by atoms with Crippen molar-refractivity contribution in [2.45, 2.75) is 26.2 Å². The van der Waals surface area contributed by atoms with Crippen LogP contribution in [0.1, 0.15) is 36.1 Å². The monoisotopic (exact) mass is 378 g/mol. The fraction of sp³-hybridized carbons (Fsp3) is 0.300. The van der Waals surface area contributed by atoms with Crippen LogP contribution < -0.4 is 15.4 Å². The van der Waals surface area contributed by atoms with Crippen molar-refractivity contribution < 1.29 is 9.53 Å². The molecule has 3 aromatic rings. The number of hydrogen-bond acceptors (Lipinski definition) is 6. The van der Waals surface area contributed by atoms with Gasteiger partial charge in [-0.2, -0.15) is 5.10 Å². The molecule has 8 heteroatoms. The van der Waals surface area contributed by atoms with E-state index in [1.165, 1.54) is 0 Å². The number of anilines is 2. The van der Waals surface area contributed by atoms with Crippen LogP contribution in [0, 0.1) is 6.92 Å². The van der Waals surface area contributed by atoms with E-state index in [-0.39, 0.29) is 11.8 Å². The van der Waals surface area contributed by atoms with Crippen molar-refractivity contribution in [3.63, 3.8) is 0 Å². The number of fused-ring (bicyclic) bond motifs is 1. The Hall–Kier alpha value is -3.42. The van der Waals surface area contributed by atoms with Gasteiger partial charge in [-0.1, -0.05) is 0 Å². The van der Waals surface area contributed by atoms with E-state index in [2.05, 4.69) is 25.7 Å². The molecule has 0 saturated carbocycles. The molecule has 1 amide bonds. The Kier molecular flexibility index (Phi) is 4.68. The number of hydrogen-bond donors (Lipinski definition) is 2. The van der Waals surface area contributed by atoms with Gasteiger partial charge in [0.1, 0.15) is 11.6 Å². The molecule has 0 radical (unpaired) electrons. The number of nitrogens with zero attached hydrogens (tertiary/aromatic N) is 4. The normalized spacial score (nSPS) is 15.7. The first-order chi connectivity index (χ1) is 13.6. The zero-order valence-electron chi connectivity index (χ0n) is 16.1. The molecule has 1 aromatic carbocycles. The first kappa shape index (κ1) is 18.0. The quantitative estimate of drug-likeness (QED) is 0.709. The molecule has 8 nitrogen and oxygen atoms in total. The zero-order chi connectivity index (χ0) is 19.7. The number of methoxy groups -OCH3 is 1. The Morgan fingerprint density at radius 1 is 1.25 bits per heavy atom. The summed E-state index contributed by atoms with van der Waals surface area (Å²) in [6.07, 6.45) is 3.90. The van der Waals surface area contributed by atoms with Gasteiger partial charge in [0.05, 0.1) is 18.5 Å². The Morgan fingerprint density at radius 3 is 2.61 bits per heavy atom. The predicted octanol–water partition coefficient (Wildman–Crippen LogP) is 2.89. The van der Waals surface area contributed by atoms with E-state index < -0.39 is 0 Å². The van der Waals surface area contributed by atoms with Crippen molar-refractivity contribution in [1.82, 2.24) is 19.7 Å². The summed E-state index contributed by atoms with van der Waals surface area (Å²) in [5.74, 6) is 1.85. The number of rotatable bonds is 5. The van der Waals surface area contributed by atoms with Crippen LogP contribution in [0.25, 0.3) is 5.69 Å². The van der Waals surface area contributed by atoms with Gasteiger partial charge in [0.15, 0.2) is 0 Å². The molecule has 1 atom stereocenters. The van der Waals surface area contributed by atoms with Gasteiger partial charge in [0, 0.05) is 36.8 Å². The topological polar surface area (TPSA) is 94.0 Å². The molecule has 0 spiro atoms. The smallest absolute Gasteiger partial charge is 0.226 e. The first-order valence-corrected chi connectivity index (χ1v) is 9.20. The molecule has 0 unspecified atom stereocenters. The van der Waals surface area contributed by atoms with Gasteiger partial charge in [-0.25, -0.2) is 14.6 Å². The standard InChI is InChI=1S/C20H22N6O2/c1-4-21-20-22-10-13(11-23-20)16-9-17(27)24-19-18(16)12(2)25-26(19)14-5-7-15(28-3)8-6-14/h5-8,10-11,16H,4,9H2,1-3H3,(H,24,27)(H,21,22,23)/t16-/m1/s1. The number of carbonyl (C=O) groups excluding carboxylic acids is 1. The van der Waals surface area contributed by atoms with E-state index in [1.54, 1.807) is 24.2 Å². The molecule has 0 bridgehead atoms. The lowest BCUT2D eigenvalue weighted by Gasteiger charge is -2.24. The molecule has 0 saturated heterocycles. The van der Waals surface area contributed by atoms with Gasteiger partial charge in [0.2, 0.25) is 11.9 Å². The third kappa shape index (κ3) is 3.17. The summed E-state index contributed by atoms with van der Waals surface area (Å²) < 4.78 is 6.99. The minimum absolute atomic E-state index is 0.0529.